The smallest absolute Gasteiger partial charge is 0.325 e. The van der Waals surface area contributed by atoms with Crippen LogP contribution in [0, 0.1) is 0 Å². The number of benzene rings is 1. The number of carboxylic acid groups (broad SMARTS) is 1. The lowest BCUT2D eigenvalue weighted by atomic mass is 10.1. The van der Waals surface area contributed by atoms with E-state index in [1.165, 1.54) is 7.11 Å². The molecule has 0 heterocycles. The van der Waals surface area contributed by atoms with Crippen molar-refractivity contribution >= 4 is 18.4 Å². The number of halogens is 1. The van der Waals surface area contributed by atoms with E-state index in [9.17, 15) is 4.79 Å². The van der Waals surface area contributed by atoms with Crippen molar-refractivity contribution in [3.05, 3.63) is 29.8 Å². The molecule has 0 amide bonds. The fourth-order valence-corrected chi connectivity index (χ4v) is 0.978. The zero-order chi connectivity index (χ0) is 9.84. The third-order valence-electron chi connectivity index (χ3n) is 1.72. The molecule has 0 aromatic heterocycles. The van der Waals surface area contributed by atoms with Crippen LogP contribution >= 0.6 is 12.4 Å². The number of hydrogen-bond acceptors (Lipinski definition) is 3. The van der Waals surface area contributed by atoms with Gasteiger partial charge in [-0.25, -0.2) is 0 Å². The van der Waals surface area contributed by atoms with Gasteiger partial charge < -0.3 is 15.6 Å². The normalized spacial score (nSPS) is 11.3. The number of rotatable bonds is 3. The number of ether oxygens (including phenoxy) is 1. The molecule has 0 aliphatic rings. The Morgan fingerprint density at radius 2 is 2.21 bits per heavy atom. The zero-order valence-corrected chi connectivity index (χ0v) is 8.45. The molecule has 4 nitrogen and oxygen atoms in total. The average molecular weight is 218 g/mol. The van der Waals surface area contributed by atoms with Crippen LogP contribution in [0.2, 0.25) is 0 Å². The minimum atomic E-state index is -1.05. The Morgan fingerprint density at radius 1 is 1.57 bits per heavy atom. The zero-order valence-electron chi connectivity index (χ0n) is 7.64. The summed E-state index contributed by atoms with van der Waals surface area (Å²) >= 11 is 0. The largest absolute Gasteiger partial charge is 0.497 e. The third kappa shape index (κ3) is 2.90. The predicted molar refractivity (Wildman–Crippen MR) is 54.8 cm³/mol. The highest BCUT2D eigenvalue weighted by atomic mass is 35.5. The Morgan fingerprint density at radius 3 is 2.71 bits per heavy atom. The van der Waals surface area contributed by atoms with E-state index in [0.29, 0.717) is 11.3 Å². The second-order valence-corrected chi connectivity index (χ2v) is 2.59. The molecule has 14 heavy (non-hydrogen) atoms. The van der Waals surface area contributed by atoms with Gasteiger partial charge in [-0.05, 0) is 17.7 Å². The van der Waals surface area contributed by atoms with E-state index < -0.39 is 12.0 Å². The summed E-state index contributed by atoms with van der Waals surface area (Å²) in [5.41, 5.74) is 5.94. The van der Waals surface area contributed by atoms with Crippen LogP contribution in [0.1, 0.15) is 11.6 Å². The molecule has 1 rings (SSSR count). The molecule has 0 bridgehead atoms. The summed E-state index contributed by atoms with van der Waals surface area (Å²) in [5.74, 6) is -0.442. The second-order valence-electron chi connectivity index (χ2n) is 2.59. The molecule has 1 aromatic carbocycles. The van der Waals surface area contributed by atoms with Gasteiger partial charge in [-0.2, -0.15) is 0 Å². The standard InChI is InChI=1S/C9H11NO3.ClH/c1-13-7-4-2-3-6(5-7)8(10)9(11)12;/h2-5,8H,10H2,1H3,(H,11,12);1H. The maximum absolute atomic E-state index is 10.5. The summed E-state index contributed by atoms with van der Waals surface area (Å²) < 4.78 is 4.94. The Balaban J connectivity index is 0.00000169. The lowest BCUT2D eigenvalue weighted by Crippen LogP contribution is -2.20. The van der Waals surface area contributed by atoms with Gasteiger partial charge in [0.25, 0.3) is 0 Å². The Kier molecular flexibility index (Phi) is 4.97. The monoisotopic (exact) mass is 217 g/mol. The highest BCUT2D eigenvalue weighted by molar-refractivity contribution is 5.85. The van der Waals surface area contributed by atoms with E-state index in [1.54, 1.807) is 24.3 Å². The van der Waals surface area contributed by atoms with Crippen LogP contribution in [0.25, 0.3) is 0 Å². The maximum atomic E-state index is 10.5. The number of carboxylic acids is 1. The molecule has 1 atom stereocenters. The van der Waals surface area contributed by atoms with Gasteiger partial charge >= 0.3 is 5.97 Å². The van der Waals surface area contributed by atoms with E-state index in [4.69, 9.17) is 15.6 Å². The molecule has 0 radical (unpaired) electrons. The molecule has 1 aromatic rings. The van der Waals surface area contributed by atoms with Crippen LogP contribution in [-0.4, -0.2) is 18.2 Å². The van der Waals surface area contributed by atoms with Crippen LogP contribution < -0.4 is 10.5 Å². The van der Waals surface area contributed by atoms with Gasteiger partial charge in [-0.1, -0.05) is 12.1 Å². The first kappa shape index (κ1) is 12.7. The van der Waals surface area contributed by atoms with Crippen LogP contribution in [0.15, 0.2) is 24.3 Å². The van der Waals surface area contributed by atoms with Gasteiger partial charge in [0.05, 0.1) is 7.11 Å². The first-order valence-electron chi connectivity index (χ1n) is 3.77. The van der Waals surface area contributed by atoms with Gasteiger partial charge in [-0.3, -0.25) is 4.79 Å². The van der Waals surface area contributed by atoms with Gasteiger partial charge in [0, 0.05) is 0 Å². The molecular weight excluding hydrogens is 206 g/mol. The molecule has 0 fully saturated rings. The van der Waals surface area contributed by atoms with Crippen molar-refractivity contribution in [2.24, 2.45) is 5.73 Å². The molecule has 5 heteroatoms. The lowest BCUT2D eigenvalue weighted by molar-refractivity contribution is -0.138. The van der Waals surface area contributed by atoms with Crippen molar-refractivity contribution in [2.75, 3.05) is 7.11 Å². The number of hydrogen-bond donors (Lipinski definition) is 2. The van der Waals surface area contributed by atoms with Gasteiger partial charge in [-0.15, -0.1) is 12.4 Å². The first-order chi connectivity index (χ1) is 6.15. The number of methoxy groups -OCH3 is 1. The molecular formula is C9H12ClNO3. The van der Waals surface area contributed by atoms with E-state index in [2.05, 4.69) is 0 Å². The van der Waals surface area contributed by atoms with Crippen molar-refractivity contribution in [3.63, 3.8) is 0 Å². The molecule has 0 aliphatic carbocycles. The van der Waals surface area contributed by atoms with Gasteiger partial charge in [0.2, 0.25) is 0 Å². The van der Waals surface area contributed by atoms with Crippen molar-refractivity contribution in [1.29, 1.82) is 0 Å². The molecule has 0 spiro atoms. The first-order valence-corrected chi connectivity index (χ1v) is 3.77. The molecule has 0 saturated carbocycles. The van der Waals surface area contributed by atoms with Crippen LogP contribution in [0.4, 0.5) is 0 Å². The van der Waals surface area contributed by atoms with Crippen molar-refractivity contribution in [3.8, 4) is 5.75 Å². The fraction of sp³-hybridized carbons (Fsp3) is 0.222. The number of nitrogens with two attached hydrogens (primary N) is 1. The summed E-state index contributed by atoms with van der Waals surface area (Å²) in [5, 5.41) is 8.63. The van der Waals surface area contributed by atoms with Crippen molar-refractivity contribution < 1.29 is 14.6 Å². The fourth-order valence-electron chi connectivity index (χ4n) is 0.978. The Bertz CT molecular complexity index is 317. The number of carbonyl (C=O) groups is 1. The Labute approximate surface area is 88.1 Å². The van der Waals surface area contributed by atoms with E-state index in [0.717, 1.165) is 0 Å². The van der Waals surface area contributed by atoms with Crippen LogP contribution in [0.3, 0.4) is 0 Å². The summed E-state index contributed by atoms with van der Waals surface area (Å²) in [7, 11) is 1.52. The highest BCUT2D eigenvalue weighted by Gasteiger charge is 2.13. The summed E-state index contributed by atoms with van der Waals surface area (Å²) in [6.45, 7) is 0. The molecule has 0 saturated heterocycles. The van der Waals surface area contributed by atoms with Crippen LogP contribution in [0.5, 0.6) is 5.75 Å². The minimum Gasteiger partial charge on any atom is -0.497 e. The quantitative estimate of drug-likeness (QED) is 0.798. The van der Waals surface area contributed by atoms with Gasteiger partial charge in [0.1, 0.15) is 11.8 Å². The summed E-state index contributed by atoms with van der Waals surface area (Å²) in [6, 6.07) is 5.71. The topological polar surface area (TPSA) is 72.5 Å². The Hall–Kier alpha value is -1.26. The van der Waals surface area contributed by atoms with Crippen molar-refractivity contribution in [2.45, 2.75) is 6.04 Å². The molecule has 1 unspecified atom stereocenters. The highest BCUT2D eigenvalue weighted by Crippen LogP contribution is 2.17. The molecule has 78 valence electrons. The average Bonchev–Trinajstić information content (AvgIpc) is 2.16. The van der Waals surface area contributed by atoms with E-state index >= 15 is 0 Å². The van der Waals surface area contributed by atoms with E-state index in [-0.39, 0.29) is 12.4 Å². The van der Waals surface area contributed by atoms with Crippen LogP contribution in [-0.2, 0) is 4.79 Å². The summed E-state index contributed by atoms with van der Waals surface area (Å²) in [4.78, 5) is 10.5. The maximum Gasteiger partial charge on any atom is 0.325 e. The summed E-state index contributed by atoms with van der Waals surface area (Å²) in [6.07, 6.45) is 0. The van der Waals surface area contributed by atoms with Gasteiger partial charge in [0.15, 0.2) is 0 Å². The molecule has 0 aliphatic heterocycles. The number of aliphatic carboxylic acids is 1. The lowest BCUT2D eigenvalue weighted by Gasteiger charge is -2.07. The van der Waals surface area contributed by atoms with E-state index in [1.807, 2.05) is 0 Å². The third-order valence-corrected chi connectivity index (χ3v) is 1.72. The minimum absolute atomic E-state index is 0. The van der Waals surface area contributed by atoms with Crippen molar-refractivity contribution in [1.82, 2.24) is 0 Å². The molecule has 3 N–H and O–H groups in total. The SMILES string of the molecule is COc1cccc(C(N)C(=O)O)c1.Cl. The second kappa shape index (κ2) is 5.47. The predicted octanol–water partition coefficient (Wildman–Crippen LogP) is 1.20.